The molecule has 0 atom stereocenters. The molecule has 2 aromatic rings. The molecule has 0 amide bonds. The van der Waals surface area contributed by atoms with E-state index in [9.17, 15) is 19.5 Å². The molecule has 0 spiro atoms. The zero-order chi connectivity index (χ0) is 16.5. The summed E-state index contributed by atoms with van der Waals surface area (Å²) in [4.78, 5) is 39.7. The molecule has 8 nitrogen and oxygen atoms in total. The summed E-state index contributed by atoms with van der Waals surface area (Å²) in [5.74, 6) is -0.693. The smallest absolute Gasteiger partial charge is 0.348 e. The molecule has 1 aromatic heterocycles. The Morgan fingerprint density at radius 1 is 1.00 bits per heavy atom. The molecule has 1 aliphatic carbocycles. The predicted octanol–water partition coefficient (Wildman–Crippen LogP) is 0.757. The molecule has 0 bridgehead atoms. The summed E-state index contributed by atoms with van der Waals surface area (Å²) in [6, 6.07) is 2.41. The minimum Gasteiger partial charge on any atom is -0.480 e. The quantitative estimate of drug-likeness (QED) is 0.393. The van der Waals surface area contributed by atoms with Crippen LogP contribution in [0, 0.1) is 5.41 Å². The number of hydrogen-bond acceptors (Lipinski definition) is 8. The van der Waals surface area contributed by atoms with Gasteiger partial charge in [0.1, 0.15) is 0 Å². The van der Waals surface area contributed by atoms with Gasteiger partial charge in [0.2, 0.25) is 0 Å². The highest BCUT2D eigenvalue weighted by atomic mass is 16.5. The van der Waals surface area contributed by atoms with Gasteiger partial charge in [-0.1, -0.05) is 0 Å². The molecule has 0 fully saturated rings. The van der Waals surface area contributed by atoms with Crippen LogP contribution >= 0.6 is 0 Å². The fourth-order valence-corrected chi connectivity index (χ4v) is 2.88. The average molecular weight is 310 g/mol. The van der Waals surface area contributed by atoms with Crippen LogP contribution in [0.15, 0.2) is 40.3 Å². The van der Waals surface area contributed by atoms with Crippen molar-refractivity contribution in [3.8, 4) is 17.1 Å². The zero-order valence-electron chi connectivity index (χ0n) is 11.3. The first-order valence-corrected chi connectivity index (χ1v) is 6.35. The van der Waals surface area contributed by atoms with Gasteiger partial charge in [-0.3, -0.25) is 10.4 Å². The van der Waals surface area contributed by atoms with Crippen molar-refractivity contribution in [2.75, 3.05) is 0 Å². The van der Waals surface area contributed by atoms with E-state index in [4.69, 9.17) is 9.83 Å². The maximum Gasteiger partial charge on any atom is 0.348 e. The van der Waals surface area contributed by atoms with Gasteiger partial charge in [-0.25, -0.2) is 14.4 Å². The summed E-state index contributed by atoms with van der Waals surface area (Å²) in [5, 5.41) is 17.5. The number of benzene rings is 2. The molecule has 2 heterocycles. The maximum absolute atomic E-state index is 12.1. The number of aliphatic imine (C=N–C) groups is 1. The lowest BCUT2D eigenvalue weighted by Gasteiger charge is -2.14. The predicted molar refractivity (Wildman–Crippen MR) is 80.5 cm³/mol. The van der Waals surface area contributed by atoms with Crippen molar-refractivity contribution in [3.63, 3.8) is 0 Å². The average Bonchev–Trinajstić information content (AvgIpc) is 2.50. The molecule has 0 saturated carbocycles. The molecule has 2 aliphatic rings. The van der Waals surface area contributed by atoms with Crippen LogP contribution in [0.1, 0.15) is 0 Å². The molecular formula is C15H6N2O6. The second-order valence-electron chi connectivity index (χ2n) is 4.94. The standard InChI is InChI=1S/C15H6N2O6/c1-17-7-3-5-8-9-4(12(18)23-15(21)11(7)9)2-6(16)10(8)14(20)22-13(5)19/h2-3,16,19H,1H2. The van der Waals surface area contributed by atoms with E-state index in [-0.39, 0.29) is 43.7 Å². The third-order valence-corrected chi connectivity index (χ3v) is 3.79. The second kappa shape index (κ2) is 4.01. The van der Waals surface area contributed by atoms with Gasteiger partial charge in [0.25, 0.3) is 5.95 Å². The van der Waals surface area contributed by atoms with Gasteiger partial charge in [-0.05, 0) is 18.9 Å². The van der Waals surface area contributed by atoms with E-state index in [1.807, 2.05) is 0 Å². The van der Waals surface area contributed by atoms with E-state index in [1.54, 1.807) is 0 Å². The van der Waals surface area contributed by atoms with Crippen molar-refractivity contribution in [1.29, 1.82) is 5.41 Å². The van der Waals surface area contributed by atoms with Gasteiger partial charge in [0, 0.05) is 10.9 Å². The van der Waals surface area contributed by atoms with Crippen molar-refractivity contribution in [2.24, 2.45) is 4.99 Å². The van der Waals surface area contributed by atoms with Crippen molar-refractivity contribution in [2.45, 2.75) is 0 Å². The SMILES string of the molecule is C=Nc1cc2c(O)oc(=O)c3c(=N)cc4c(=O)oc(=O)c1c-4c23. The Balaban J connectivity index is 2.61. The largest absolute Gasteiger partial charge is 0.480 e. The molecule has 23 heavy (non-hydrogen) atoms. The fraction of sp³-hybridized carbons (Fsp3) is 0. The van der Waals surface area contributed by atoms with E-state index in [1.165, 1.54) is 6.07 Å². The first-order valence-electron chi connectivity index (χ1n) is 6.35. The first kappa shape index (κ1) is 13.1. The van der Waals surface area contributed by atoms with Crippen LogP contribution in [0.2, 0.25) is 0 Å². The highest BCUT2D eigenvalue weighted by Crippen LogP contribution is 2.41. The van der Waals surface area contributed by atoms with Crippen molar-refractivity contribution < 1.29 is 13.9 Å². The van der Waals surface area contributed by atoms with Crippen LogP contribution in [0.25, 0.3) is 32.7 Å². The highest BCUT2D eigenvalue weighted by molar-refractivity contribution is 6.17. The molecule has 2 N–H and O–H groups in total. The highest BCUT2D eigenvalue weighted by Gasteiger charge is 2.27. The molecule has 4 rings (SSSR count). The lowest BCUT2D eigenvalue weighted by atomic mass is 9.91. The Kier molecular flexibility index (Phi) is 2.29. The third-order valence-electron chi connectivity index (χ3n) is 3.79. The minimum absolute atomic E-state index is 0.0444. The van der Waals surface area contributed by atoms with Crippen LogP contribution in [0.3, 0.4) is 0 Å². The number of hydrogen-bond donors (Lipinski definition) is 2. The minimum atomic E-state index is -0.941. The van der Waals surface area contributed by atoms with Gasteiger partial charge >= 0.3 is 16.9 Å². The van der Waals surface area contributed by atoms with Crippen molar-refractivity contribution in [3.05, 3.63) is 48.8 Å². The lowest BCUT2D eigenvalue weighted by molar-refractivity contribution is 0.319. The third kappa shape index (κ3) is 1.46. The lowest BCUT2D eigenvalue weighted by Crippen LogP contribution is -2.21. The summed E-state index contributed by atoms with van der Waals surface area (Å²) >= 11 is 0. The molecule has 8 heteroatoms. The molecule has 0 radical (unpaired) electrons. The Morgan fingerprint density at radius 2 is 1.70 bits per heavy atom. The number of nitrogens with one attached hydrogen (secondary N) is 1. The van der Waals surface area contributed by atoms with Gasteiger partial charge in [-0.15, -0.1) is 0 Å². The summed E-state index contributed by atoms with van der Waals surface area (Å²) in [6.45, 7) is 3.35. The number of rotatable bonds is 1. The van der Waals surface area contributed by atoms with E-state index in [0.29, 0.717) is 0 Å². The molecule has 112 valence electrons. The Hall–Kier alpha value is -3.55. The second-order valence-corrected chi connectivity index (χ2v) is 4.94. The molecular weight excluding hydrogens is 304 g/mol. The molecule has 0 unspecified atom stereocenters. The summed E-state index contributed by atoms with van der Waals surface area (Å²) in [7, 11) is 0. The molecule has 1 aliphatic heterocycles. The fourth-order valence-electron chi connectivity index (χ4n) is 2.88. The molecule has 1 aromatic carbocycles. The Bertz CT molecular complexity index is 1320. The van der Waals surface area contributed by atoms with Crippen LogP contribution in [-0.2, 0) is 0 Å². The van der Waals surface area contributed by atoms with Crippen LogP contribution in [0.5, 0.6) is 5.95 Å². The van der Waals surface area contributed by atoms with Gasteiger partial charge in [-0.2, -0.15) is 0 Å². The van der Waals surface area contributed by atoms with Crippen molar-refractivity contribution >= 4 is 33.9 Å². The maximum atomic E-state index is 12.1. The van der Waals surface area contributed by atoms with Gasteiger partial charge in [0.15, 0.2) is 0 Å². The first-order chi connectivity index (χ1) is 10.9. The zero-order valence-corrected chi connectivity index (χ0v) is 11.3. The summed E-state index contributed by atoms with van der Waals surface area (Å²) < 4.78 is 9.37. The van der Waals surface area contributed by atoms with E-state index < -0.39 is 22.8 Å². The Labute approximate surface area is 125 Å². The normalized spacial score (nSPS) is 11.7. The summed E-state index contributed by atoms with van der Waals surface area (Å²) in [6.07, 6.45) is 0. The van der Waals surface area contributed by atoms with Gasteiger partial charge in [0.05, 0.1) is 32.8 Å². The van der Waals surface area contributed by atoms with Gasteiger partial charge < -0.3 is 13.9 Å². The topological polar surface area (TPSA) is 134 Å². The van der Waals surface area contributed by atoms with Crippen LogP contribution in [-0.4, -0.2) is 11.8 Å². The molecule has 0 saturated heterocycles. The van der Waals surface area contributed by atoms with Crippen molar-refractivity contribution in [1.82, 2.24) is 0 Å². The van der Waals surface area contributed by atoms with Crippen LogP contribution in [0.4, 0.5) is 5.69 Å². The van der Waals surface area contributed by atoms with E-state index in [2.05, 4.69) is 16.1 Å². The van der Waals surface area contributed by atoms with E-state index >= 15 is 0 Å². The number of nitrogens with zero attached hydrogens (tertiary/aromatic N) is 1. The van der Waals surface area contributed by atoms with Crippen LogP contribution < -0.4 is 22.2 Å². The van der Waals surface area contributed by atoms with E-state index in [0.717, 1.165) is 6.07 Å². The summed E-state index contributed by atoms with van der Waals surface area (Å²) in [5.41, 5.74) is -2.70. The number of aromatic hydroxyl groups is 1. The Morgan fingerprint density at radius 3 is 2.39 bits per heavy atom. The monoisotopic (exact) mass is 310 g/mol.